The molecule has 2 rings (SSSR count). The molecule has 2 heterocycles. The lowest BCUT2D eigenvalue weighted by Gasteiger charge is -2.14. The topological polar surface area (TPSA) is 66.6 Å². The van der Waals surface area contributed by atoms with Crippen LogP contribution in [0.25, 0.3) is 5.65 Å². The van der Waals surface area contributed by atoms with Crippen molar-refractivity contribution in [3.8, 4) is 0 Å². The molecular weight excluding hydrogens is 242 g/mol. The Balaban J connectivity index is 2.08. The first kappa shape index (κ1) is 13.5. The van der Waals surface area contributed by atoms with E-state index in [1.165, 1.54) is 10.5 Å². The summed E-state index contributed by atoms with van der Waals surface area (Å²) in [7, 11) is 0. The summed E-state index contributed by atoms with van der Waals surface area (Å²) in [6.07, 6.45) is 1.99. The van der Waals surface area contributed by atoms with Crippen LogP contribution in [-0.4, -0.2) is 27.1 Å². The maximum absolute atomic E-state index is 11.8. The van der Waals surface area contributed by atoms with Crippen LogP contribution < -0.4 is 10.9 Å². The van der Waals surface area contributed by atoms with E-state index in [1.54, 1.807) is 18.3 Å². The number of aliphatic hydroxyl groups excluding tert-OH is 1. The Morgan fingerprint density at radius 3 is 2.95 bits per heavy atom. The Kier molecular flexibility index (Phi) is 4.16. The Bertz CT molecular complexity index is 607. The molecule has 0 fully saturated rings. The average Bonchev–Trinajstić information content (AvgIpc) is 2.38. The van der Waals surface area contributed by atoms with Gasteiger partial charge in [0.25, 0.3) is 5.56 Å². The summed E-state index contributed by atoms with van der Waals surface area (Å²) >= 11 is 0. The maximum Gasteiger partial charge on any atom is 0.259 e. The molecule has 5 heteroatoms. The highest BCUT2D eigenvalue weighted by Gasteiger charge is 2.08. The number of hydrogen-bond donors (Lipinski definition) is 2. The SMILES string of the molecule is CC(C)[C@H](O)CCNc1cc(=O)n2ccccc2n1. The lowest BCUT2D eigenvalue weighted by Crippen LogP contribution is -2.20. The Hall–Kier alpha value is -1.88. The van der Waals surface area contributed by atoms with E-state index < -0.39 is 0 Å². The van der Waals surface area contributed by atoms with Gasteiger partial charge in [0.05, 0.1) is 6.10 Å². The minimum Gasteiger partial charge on any atom is -0.393 e. The number of rotatable bonds is 5. The fourth-order valence-corrected chi connectivity index (χ4v) is 1.83. The molecule has 2 aromatic rings. The van der Waals surface area contributed by atoms with Crippen molar-refractivity contribution >= 4 is 11.5 Å². The zero-order valence-corrected chi connectivity index (χ0v) is 11.2. The van der Waals surface area contributed by atoms with Gasteiger partial charge in [0.15, 0.2) is 0 Å². The van der Waals surface area contributed by atoms with Gasteiger partial charge in [0.2, 0.25) is 0 Å². The highest BCUT2D eigenvalue weighted by Crippen LogP contribution is 2.07. The molecule has 19 heavy (non-hydrogen) atoms. The first-order chi connectivity index (χ1) is 9.08. The van der Waals surface area contributed by atoms with Gasteiger partial charge in [-0.3, -0.25) is 9.20 Å². The van der Waals surface area contributed by atoms with Crippen molar-refractivity contribution in [3.63, 3.8) is 0 Å². The third-order valence-corrected chi connectivity index (χ3v) is 3.09. The number of fused-ring (bicyclic) bond motifs is 1. The fourth-order valence-electron chi connectivity index (χ4n) is 1.83. The molecule has 0 aromatic carbocycles. The first-order valence-electron chi connectivity index (χ1n) is 6.48. The Morgan fingerprint density at radius 2 is 2.21 bits per heavy atom. The molecule has 102 valence electrons. The van der Waals surface area contributed by atoms with Crippen LogP contribution in [0.4, 0.5) is 5.82 Å². The third kappa shape index (κ3) is 3.32. The minimum absolute atomic E-state index is 0.113. The molecule has 0 saturated heterocycles. The molecule has 0 aliphatic rings. The molecule has 5 nitrogen and oxygen atoms in total. The first-order valence-corrected chi connectivity index (χ1v) is 6.48. The van der Waals surface area contributed by atoms with E-state index in [0.717, 1.165) is 0 Å². The molecule has 0 saturated carbocycles. The standard InChI is InChI=1S/C14H19N3O2/c1-10(2)11(18)6-7-15-12-9-14(19)17-8-4-3-5-13(17)16-12/h3-5,8-11,15,18H,6-7H2,1-2H3/t11-/m1/s1. The van der Waals surface area contributed by atoms with Crippen LogP contribution in [0.5, 0.6) is 0 Å². The molecule has 1 atom stereocenters. The van der Waals surface area contributed by atoms with Gasteiger partial charge in [-0.2, -0.15) is 0 Å². The van der Waals surface area contributed by atoms with Gasteiger partial charge in [-0.25, -0.2) is 4.98 Å². The van der Waals surface area contributed by atoms with Crippen LogP contribution in [-0.2, 0) is 0 Å². The number of pyridine rings is 1. The van der Waals surface area contributed by atoms with Gasteiger partial charge in [0, 0.05) is 18.8 Å². The molecule has 0 aliphatic carbocycles. The highest BCUT2D eigenvalue weighted by molar-refractivity contribution is 5.46. The second kappa shape index (κ2) is 5.84. The van der Waals surface area contributed by atoms with Gasteiger partial charge < -0.3 is 10.4 Å². The van der Waals surface area contributed by atoms with E-state index >= 15 is 0 Å². The van der Waals surface area contributed by atoms with Crippen molar-refractivity contribution in [1.82, 2.24) is 9.38 Å². The van der Waals surface area contributed by atoms with Crippen molar-refractivity contribution in [3.05, 3.63) is 40.8 Å². The van der Waals surface area contributed by atoms with Crippen LogP contribution in [0, 0.1) is 5.92 Å². The van der Waals surface area contributed by atoms with Gasteiger partial charge in [-0.05, 0) is 24.5 Å². The number of aliphatic hydroxyl groups is 1. The summed E-state index contributed by atoms with van der Waals surface area (Å²) in [5.41, 5.74) is 0.499. The van der Waals surface area contributed by atoms with Gasteiger partial charge >= 0.3 is 0 Å². The minimum atomic E-state index is -0.339. The zero-order valence-electron chi connectivity index (χ0n) is 11.2. The highest BCUT2D eigenvalue weighted by atomic mass is 16.3. The number of anilines is 1. The normalized spacial score (nSPS) is 12.8. The van der Waals surface area contributed by atoms with Crippen molar-refractivity contribution in [2.45, 2.75) is 26.4 Å². The summed E-state index contributed by atoms with van der Waals surface area (Å²) in [6, 6.07) is 6.89. The van der Waals surface area contributed by atoms with Crippen LogP contribution in [0.3, 0.4) is 0 Å². The summed E-state index contributed by atoms with van der Waals surface area (Å²) < 4.78 is 1.49. The lowest BCUT2D eigenvalue weighted by atomic mass is 10.0. The van der Waals surface area contributed by atoms with E-state index in [0.29, 0.717) is 24.4 Å². The Morgan fingerprint density at radius 1 is 1.42 bits per heavy atom. The maximum atomic E-state index is 11.8. The van der Waals surface area contributed by atoms with Crippen LogP contribution in [0.15, 0.2) is 35.3 Å². The monoisotopic (exact) mass is 261 g/mol. The second-order valence-electron chi connectivity index (χ2n) is 4.94. The average molecular weight is 261 g/mol. The van der Waals surface area contributed by atoms with Gasteiger partial charge in [0.1, 0.15) is 11.5 Å². The van der Waals surface area contributed by atoms with E-state index in [2.05, 4.69) is 10.3 Å². The van der Waals surface area contributed by atoms with E-state index in [-0.39, 0.29) is 17.6 Å². The van der Waals surface area contributed by atoms with Crippen LogP contribution >= 0.6 is 0 Å². The predicted octanol–water partition coefficient (Wildman–Crippen LogP) is 1.51. The molecule has 0 unspecified atom stereocenters. The summed E-state index contributed by atoms with van der Waals surface area (Å²) in [5, 5.41) is 12.8. The quantitative estimate of drug-likeness (QED) is 0.856. The number of hydrogen-bond acceptors (Lipinski definition) is 4. The van der Waals surface area contributed by atoms with Crippen molar-refractivity contribution in [1.29, 1.82) is 0 Å². The largest absolute Gasteiger partial charge is 0.393 e. The smallest absolute Gasteiger partial charge is 0.259 e. The van der Waals surface area contributed by atoms with Crippen molar-refractivity contribution in [2.24, 2.45) is 5.92 Å². The fraction of sp³-hybridized carbons (Fsp3) is 0.429. The molecule has 2 aromatic heterocycles. The third-order valence-electron chi connectivity index (χ3n) is 3.09. The van der Waals surface area contributed by atoms with E-state index in [9.17, 15) is 9.90 Å². The molecule has 0 spiro atoms. The molecule has 0 aliphatic heterocycles. The second-order valence-corrected chi connectivity index (χ2v) is 4.94. The Labute approximate surface area is 111 Å². The van der Waals surface area contributed by atoms with Gasteiger partial charge in [-0.1, -0.05) is 19.9 Å². The van der Waals surface area contributed by atoms with Crippen molar-refractivity contribution in [2.75, 3.05) is 11.9 Å². The van der Waals surface area contributed by atoms with E-state index in [4.69, 9.17) is 0 Å². The van der Waals surface area contributed by atoms with Crippen LogP contribution in [0.1, 0.15) is 20.3 Å². The summed E-state index contributed by atoms with van der Waals surface area (Å²) in [6.45, 7) is 4.55. The lowest BCUT2D eigenvalue weighted by molar-refractivity contribution is 0.120. The molecular formula is C14H19N3O2. The van der Waals surface area contributed by atoms with Crippen molar-refractivity contribution < 1.29 is 5.11 Å². The predicted molar refractivity (Wildman–Crippen MR) is 75.4 cm³/mol. The number of nitrogens with one attached hydrogen (secondary N) is 1. The molecule has 0 radical (unpaired) electrons. The van der Waals surface area contributed by atoms with E-state index in [1.807, 2.05) is 19.9 Å². The van der Waals surface area contributed by atoms with Gasteiger partial charge in [-0.15, -0.1) is 0 Å². The molecule has 0 amide bonds. The number of aromatic nitrogens is 2. The zero-order chi connectivity index (χ0) is 13.8. The summed E-state index contributed by atoms with van der Waals surface area (Å²) in [5.74, 6) is 0.782. The summed E-state index contributed by atoms with van der Waals surface area (Å²) in [4.78, 5) is 16.2. The van der Waals surface area contributed by atoms with Crippen LogP contribution in [0.2, 0.25) is 0 Å². The molecule has 0 bridgehead atoms. The molecule has 2 N–H and O–H groups in total. The number of nitrogens with zero attached hydrogens (tertiary/aromatic N) is 2.